The van der Waals surface area contributed by atoms with Gasteiger partial charge in [0, 0.05) is 10.0 Å². The van der Waals surface area contributed by atoms with Crippen molar-refractivity contribution in [2.45, 2.75) is 58.3 Å². The molecule has 1 nitrogen and oxygen atoms in total. The van der Waals surface area contributed by atoms with Crippen LogP contribution in [0.3, 0.4) is 0 Å². The second-order valence-electron chi connectivity index (χ2n) is 7.11. The molecule has 0 radical (unpaired) electrons. The Kier molecular flexibility index (Phi) is 4.18. The van der Waals surface area contributed by atoms with Crippen molar-refractivity contribution in [2.24, 2.45) is 0 Å². The Morgan fingerprint density at radius 1 is 0.833 bits per heavy atom. The molecule has 126 valence electrons. The van der Waals surface area contributed by atoms with Crippen LogP contribution in [-0.4, -0.2) is 6.54 Å². The Labute approximate surface area is 162 Å². The number of hydrogen-bond donors (Lipinski definition) is 1. The number of fused-ring (bicyclic) bond motifs is 2. The zero-order valence-corrected chi connectivity index (χ0v) is 17.1. The van der Waals surface area contributed by atoms with Gasteiger partial charge in [-0.3, -0.25) is 0 Å². The maximum Gasteiger partial charge on any atom is 0.293 e. The molecule has 2 aromatic carbocycles. The summed E-state index contributed by atoms with van der Waals surface area (Å²) >= 11 is 7.45. The maximum atomic E-state index is 7.71. The van der Waals surface area contributed by atoms with E-state index in [-0.39, 0.29) is 0 Å². The van der Waals surface area contributed by atoms with Crippen molar-refractivity contribution in [3.8, 4) is 16.9 Å². The lowest BCUT2D eigenvalue weighted by atomic mass is 9.79. The molecule has 0 heterocycles. The van der Waals surface area contributed by atoms with E-state index in [2.05, 4.69) is 50.9 Å². The van der Waals surface area contributed by atoms with Crippen molar-refractivity contribution < 1.29 is 5.11 Å². The Bertz CT molecular complexity index is 845. The molecule has 2 aromatic rings. The van der Waals surface area contributed by atoms with E-state index in [1.807, 2.05) is 0 Å². The number of aromatic hydroxyl groups is 1. The lowest BCUT2D eigenvalue weighted by molar-refractivity contribution is 0.472. The van der Waals surface area contributed by atoms with Gasteiger partial charge in [-0.15, -0.1) is 0 Å². The minimum atomic E-state index is 0.676. The van der Waals surface area contributed by atoms with Crippen LogP contribution in [0.4, 0.5) is 0 Å². The molecular weight excluding hydrogens is 428 g/mol. The molecule has 0 amide bonds. The first-order chi connectivity index (χ1) is 12.1. The highest BCUT2D eigenvalue weighted by molar-refractivity contribution is 9.10. The molecule has 0 unspecified atom stereocenters. The molecule has 2 aliphatic carbocycles. The van der Waals surface area contributed by atoms with Crippen LogP contribution in [0.5, 0.6) is 5.75 Å². The van der Waals surface area contributed by atoms with Gasteiger partial charge >= 0.3 is 0 Å². The number of rotatable bonds is 2. The topological polar surface area (TPSA) is 20.2 Å². The zero-order chi connectivity index (χ0) is 17.6. The number of benzene rings is 2. The van der Waals surface area contributed by atoms with Gasteiger partial charge in [-0.25, -0.2) is 0 Å². The summed E-state index contributed by atoms with van der Waals surface area (Å²) < 4.78 is 9.79. The van der Waals surface area contributed by atoms with Crippen molar-refractivity contribution in [1.82, 2.24) is 0 Å². The highest BCUT2D eigenvalue weighted by Gasteiger charge is 2.26. The summed E-state index contributed by atoms with van der Waals surface area (Å²) in [5.41, 5.74) is 9.48. The molecule has 0 bridgehead atoms. The minimum Gasteiger partial charge on any atom is -0.506 e. The third-order valence-electron chi connectivity index (χ3n) is 5.65. The Balaban J connectivity index is 2.09. The Morgan fingerprint density at radius 3 is 2.00 bits per heavy atom. The molecule has 0 saturated carbocycles. The summed E-state index contributed by atoms with van der Waals surface area (Å²) in [5, 5.41) is 5.17. The number of aryl methyl sites for hydroxylation is 2. The van der Waals surface area contributed by atoms with Gasteiger partial charge in [-0.2, -0.15) is 0 Å². The summed E-state index contributed by atoms with van der Waals surface area (Å²) in [4.78, 5) is 0. The molecule has 0 aromatic heterocycles. The van der Waals surface area contributed by atoms with E-state index < -0.39 is 0 Å². The Morgan fingerprint density at radius 2 is 1.38 bits per heavy atom. The van der Waals surface area contributed by atoms with Crippen LogP contribution >= 0.6 is 31.9 Å². The largest absolute Gasteiger partial charge is 0.506 e. The average molecular weight is 452 g/mol. The third kappa shape index (κ3) is 2.64. The summed E-state index contributed by atoms with van der Waals surface area (Å²) in [6.07, 6.45) is 9.44. The molecule has 0 saturated heterocycles. The molecular formula is C21H22Br2O. The number of halogens is 2. The first kappa shape index (κ1) is 15.5. The van der Waals surface area contributed by atoms with Crippen molar-refractivity contribution >= 4 is 31.9 Å². The summed E-state index contributed by atoms with van der Waals surface area (Å²) in [6.45, 7) is 2.19. The summed E-state index contributed by atoms with van der Waals surface area (Å²) in [7, 11) is 0. The minimum absolute atomic E-state index is 0.676. The first-order valence-electron chi connectivity index (χ1n) is 9.31. The molecule has 0 fully saturated rings. The second kappa shape index (κ2) is 6.49. The fraction of sp³-hybridized carbons (Fsp3) is 0.429. The van der Waals surface area contributed by atoms with E-state index in [4.69, 9.17) is 6.54 Å². The van der Waals surface area contributed by atoms with Crippen LogP contribution in [0.1, 0.15) is 53.5 Å². The van der Waals surface area contributed by atoms with E-state index in [1.165, 1.54) is 63.5 Å². The Hall–Kier alpha value is -0.800. The van der Waals surface area contributed by atoms with Gasteiger partial charge in [0.1, 0.15) is 5.75 Å². The fourth-order valence-electron chi connectivity index (χ4n) is 4.43. The van der Waals surface area contributed by atoms with E-state index in [0.29, 0.717) is 5.75 Å². The number of phenolic OH excluding ortho intramolecular Hbond substituents is 1. The van der Waals surface area contributed by atoms with Gasteiger partial charge in [0.05, 0.1) is 4.47 Å². The SMILES string of the molecule is [3H]Oc1c(Br)cc2c(c1-c1c(C)c(Br)cc3c1CCCC3)CCCC2. The van der Waals surface area contributed by atoms with Crippen LogP contribution in [0, 0.1) is 6.92 Å². The van der Waals surface area contributed by atoms with Gasteiger partial charge < -0.3 is 5.11 Å². The van der Waals surface area contributed by atoms with E-state index in [1.54, 1.807) is 0 Å². The van der Waals surface area contributed by atoms with Gasteiger partial charge in [0.2, 0.25) is 0 Å². The molecule has 0 atom stereocenters. The van der Waals surface area contributed by atoms with Crippen LogP contribution < -0.4 is 0 Å². The van der Waals surface area contributed by atoms with E-state index >= 15 is 0 Å². The zero-order valence-electron chi connectivity index (χ0n) is 15.0. The molecule has 1 N–H and O–H groups in total. The van der Waals surface area contributed by atoms with Crippen molar-refractivity contribution in [3.63, 3.8) is 0 Å². The van der Waals surface area contributed by atoms with Gasteiger partial charge in [-0.05, 0) is 120 Å². The number of hydrogen-bond acceptors (Lipinski definition) is 1. The maximum absolute atomic E-state index is 7.71. The number of phenols is 1. The van der Waals surface area contributed by atoms with Crippen molar-refractivity contribution in [2.75, 3.05) is 0 Å². The lowest BCUT2D eigenvalue weighted by Crippen LogP contribution is -2.10. The molecule has 3 heteroatoms. The van der Waals surface area contributed by atoms with Crippen LogP contribution in [-0.2, 0) is 25.7 Å². The second-order valence-corrected chi connectivity index (χ2v) is 8.82. The monoisotopic (exact) mass is 450 g/mol. The smallest absolute Gasteiger partial charge is 0.293 e. The van der Waals surface area contributed by atoms with Gasteiger partial charge in [0.25, 0.3) is 1.43 Å². The molecule has 4 rings (SSSR count). The van der Waals surface area contributed by atoms with Crippen molar-refractivity contribution in [3.05, 3.63) is 48.9 Å². The van der Waals surface area contributed by atoms with Gasteiger partial charge in [0.15, 0.2) is 0 Å². The predicted octanol–water partition coefficient (Wildman–Crippen LogP) is 6.65. The quantitative estimate of drug-likeness (QED) is 0.541. The molecule has 0 aliphatic heterocycles. The standard InChI is InChI=1S/C21H22Br2O/c1-12-17(22)10-13-6-2-4-8-15(13)19(12)20-16-9-5-3-7-14(16)11-18(23)21(20)24/h10-11,24H,2-9H2,1H3/i/hT. The highest BCUT2D eigenvalue weighted by atomic mass is 79.9. The lowest BCUT2D eigenvalue weighted by Gasteiger charge is -2.27. The molecule has 24 heavy (non-hydrogen) atoms. The third-order valence-corrected chi connectivity index (χ3v) is 7.07. The predicted molar refractivity (Wildman–Crippen MR) is 107 cm³/mol. The molecule has 0 spiro atoms. The molecule has 2 aliphatic rings. The summed E-state index contributed by atoms with van der Waals surface area (Å²) in [6, 6.07) is 4.47. The van der Waals surface area contributed by atoms with Crippen LogP contribution in [0.15, 0.2) is 21.1 Å². The van der Waals surface area contributed by atoms with E-state index in [0.717, 1.165) is 35.7 Å². The average Bonchev–Trinajstić information content (AvgIpc) is 2.62. The fourth-order valence-corrected chi connectivity index (χ4v) is 5.38. The van der Waals surface area contributed by atoms with Crippen LogP contribution in [0.2, 0.25) is 0 Å². The van der Waals surface area contributed by atoms with E-state index in [9.17, 15) is 0 Å². The van der Waals surface area contributed by atoms with Crippen molar-refractivity contribution in [1.29, 1.82) is 1.43 Å². The normalized spacial score (nSPS) is 17.0. The summed E-state index contributed by atoms with van der Waals surface area (Å²) in [5.74, 6) is 0.676. The highest BCUT2D eigenvalue weighted by Crippen LogP contribution is 2.47. The van der Waals surface area contributed by atoms with Crippen LogP contribution in [0.25, 0.3) is 11.1 Å². The van der Waals surface area contributed by atoms with Gasteiger partial charge in [-0.1, -0.05) is 15.9 Å². The first-order valence-corrected chi connectivity index (χ1v) is 10.5.